The van der Waals surface area contributed by atoms with Gasteiger partial charge in [-0.15, -0.1) is 0 Å². The fraction of sp³-hybridized carbons (Fsp3) is 0.200. The molecule has 2 aromatic rings. The number of nitriles is 1. The minimum absolute atomic E-state index is 0.117. The first-order valence-corrected chi connectivity index (χ1v) is 6.12. The van der Waals surface area contributed by atoms with Crippen molar-refractivity contribution in [3.8, 4) is 17.3 Å². The quantitative estimate of drug-likeness (QED) is 0.866. The molecular formula is C15H14F2N2O. The Morgan fingerprint density at radius 3 is 2.15 bits per heavy atom. The number of nitrogens with zero attached hydrogens (tertiary/aromatic N) is 1. The molecule has 0 atom stereocenters. The van der Waals surface area contributed by atoms with Gasteiger partial charge in [-0.2, -0.15) is 5.26 Å². The van der Waals surface area contributed by atoms with Crippen molar-refractivity contribution in [2.45, 2.75) is 20.8 Å². The van der Waals surface area contributed by atoms with Crippen LogP contribution in [-0.2, 0) is 0 Å². The van der Waals surface area contributed by atoms with Gasteiger partial charge in [0.2, 0.25) is 0 Å². The van der Waals surface area contributed by atoms with Crippen LogP contribution in [0.1, 0.15) is 25.0 Å². The van der Waals surface area contributed by atoms with Gasteiger partial charge in [0.05, 0.1) is 11.3 Å². The molecule has 1 aromatic carbocycles. The SMILES string of the molecule is CC.Cc1cc(C#N)c(-c2cc(F)cc(F)c2)[nH]c1=O. The fourth-order valence-electron chi connectivity index (χ4n) is 1.65. The summed E-state index contributed by atoms with van der Waals surface area (Å²) in [6.07, 6.45) is 0. The van der Waals surface area contributed by atoms with E-state index in [-0.39, 0.29) is 16.8 Å². The number of aromatic amines is 1. The van der Waals surface area contributed by atoms with Crippen LogP contribution in [0.2, 0.25) is 0 Å². The first-order chi connectivity index (χ1) is 9.51. The number of hydrogen-bond donors (Lipinski definition) is 1. The number of hydrogen-bond acceptors (Lipinski definition) is 2. The molecule has 20 heavy (non-hydrogen) atoms. The second kappa shape index (κ2) is 6.62. The summed E-state index contributed by atoms with van der Waals surface area (Å²) in [5.74, 6) is -1.54. The van der Waals surface area contributed by atoms with Crippen LogP contribution in [0.4, 0.5) is 8.78 Å². The van der Waals surface area contributed by atoms with Crippen LogP contribution in [0.15, 0.2) is 29.1 Å². The lowest BCUT2D eigenvalue weighted by molar-refractivity contribution is 0.584. The third-order valence-electron chi connectivity index (χ3n) is 2.50. The molecule has 0 radical (unpaired) electrons. The lowest BCUT2D eigenvalue weighted by Crippen LogP contribution is -2.11. The van der Waals surface area contributed by atoms with E-state index in [4.69, 9.17) is 5.26 Å². The highest BCUT2D eigenvalue weighted by molar-refractivity contribution is 5.66. The summed E-state index contributed by atoms with van der Waals surface area (Å²) < 4.78 is 26.2. The molecule has 104 valence electrons. The molecule has 1 N–H and O–H groups in total. The van der Waals surface area contributed by atoms with Crippen molar-refractivity contribution >= 4 is 0 Å². The van der Waals surface area contributed by atoms with E-state index in [1.54, 1.807) is 6.92 Å². The summed E-state index contributed by atoms with van der Waals surface area (Å²) in [6, 6.07) is 6.12. The van der Waals surface area contributed by atoms with Gasteiger partial charge in [-0.25, -0.2) is 8.78 Å². The number of aromatic nitrogens is 1. The summed E-state index contributed by atoms with van der Waals surface area (Å²) in [4.78, 5) is 14.0. The van der Waals surface area contributed by atoms with Crippen molar-refractivity contribution in [3.63, 3.8) is 0 Å². The molecule has 0 unspecified atom stereocenters. The summed E-state index contributed by atoms with van der Waals surface area (Å²) in [7, 11) is 0. The van der Waals surface area contributed by atoms with Crippen LogP contribution in [-0.4, -0.2) is 4.98 Å². The summed E-state index contributed by atoms with van der Waals surface area (Å²) in [5, 5.41) is 8.97. The Morgan fingerprint density at radius 2 is 1.65 bits per heavy atom. The zero-order valence-electron chi connectivity index (χ0n) is 11.4. The molecule has 0 aliphatic carbocycles. The number of H-pyrrole nitrogens is 1. The van der Waals surface area contributed by atoms with Crippen LogP contribution >= 0.6 is 0 Å². The topological polar surface area (TPSA) is 56.6 Å². The van der Waals surface area contributed by atoms with E-state index in [0.717, 1.165) is 18.2 Å². The fourth-order valence-corrected chi connectivity index (χ4v) is 1.65. The van der Waals surface area contributed by atoms with Crippen LogP contribution in [0, 0.1) is 29.9 Å². The average Bonchev–Trinajstić information content (AvgIpc) is 2.42. The number of rotatable bonds is 1. The molecule has 0 spiro atoms. The lowest BCUT2D eigenvalue weighted by atomic mass is 10.0. The highest BCUT2D eigenvalue weighted by atomic mass is 19.1. The van der Waals surface area contributed by atoms with Gasteiger partial charge < -0.3 is 4.98 Å². The molecule has 0 aliphatic heterocycles. The Labute approximate surface area is 115 Å². The van der Waals surface area contributed by atoms with Crippen molar-refractivity contribution in [2.75, 3.05) is 0 Å². The molecule has 0 amide bonds. The molecule has 0 bridgehead atoms. The molecule has 1 heterocycles. The first-order valence-electron chi connectivity index (χ1n) is 6.12. The van der Waals surface area contributed by atoms with Gasteiger partial charge in [0.25, 0.3) is 5.56 Å². The average molecular weight is 276 g/mol. The second-order valence-electron chi connectivity index (χ2n) is 3.84. The van der Waals surface area contributed by atoms with E-state index >= 15 is 0 Å². The Kier molecular flexibility index (Phi) is 5.15. The Bertz CT molecular complexity index is 695. The van der Waals surface area contributed by atoms with E-state index in [1.807, 2.05) is 19.9 Å². The Morgan fingerprint density at radius 1 is 1.10 bits per heavy atom. The molecule has 0 saturated heterocycles. The maximum Gasteiger partial charge on any atom is 0.251 e. The second-order valence-corrected chi connectivity index (χ2v) is 3.84. The van der Waals surface area contributed by atoms with E-state index in [9.17, 15) is 13.6 Å². The summed E-state index contributed by atoms with van der Waals surface area (Å²) in [6.45, 7) is 5.55. The van der Waals surface area contributed by atoms with Gasteiger partial charge in [-0.3, -0.25) is 4.79 Å². The third-order valence-corrected chi connectivity index (χ3v) is 2.50. The molecule has 0 aliphatic rings. The van der Waals surface area contributed by atoms with Crippen molar-refractivity contribution in [1.29, 1.82) is 5.26 Å². The van der Waals surface area contributed by atoms with Crippen LogP contribution in [0.3, 0.4) is 0 Å². The minimum Gasteiger partial charge on any atom is -0.321 e. The highest BCUT2D eigenvalue weighted by Gasteiger charge is 2.10. The smallest absolute Gasteiger partial charge is 0.251 e. The zero-order chi connectivity index (χ0) is 15.3. The number of nitrogens with one attached hydrogen (secondary N) is 1. The maximum absolute atomic E-state index is 13.1. The van der Waals surface area contributed by atoms with Gasteiger partial charge in [-0.1, -0.05) is 13.8 Å². The Balaban J connectivity index is 0.000000956. The van der Waals surface area contributed by atoms with Crippen molar-refractivity contribution in [2.24, 2.45) is 0 Å². The van der Waals surface area contributed by atoms with E-state index in [2.05, 4.69) is 4.98 Å². The minimum atomic E-state index is -0.768. The first kappa shape index (κ1) is 15.6. The standard InChI is InChI=1S/C13H8F2N2O.C2H6/c1-7-2-9(6-16)12(17-13(7)18)8-3-10(14)5-11(15)4-8;1-2/h2-5H,1H3,(H,17,18);1-2H3. The summed E-state index contributed by atoms with van der Waals surface area (Å²) >= 11 is 0. The molecule has 0 fully saturated rings. The summed E-state index contributed by atoms with van der Waals surface area (Å²) in [5.41, 5.74) is 0.380. The number of benzene rings is 1. The van der Waals surface area contributed by atoms with Gasteiger partial charge in [0, 0.05) is 17.2 Å². The normalized spacial score (nSPS) is 9.40. The largest absolute Gasteiger partial charge is 0.321 e. The number of aryl methyl sites for hydroxylation is 1. The van der Waals surface area contributed by atoms with Crippen molar-refractivity contribution in [3.05, 3.63) is 57.4 Å². The monoisotopic (exact) mass is 276 g/mol. The van der Waals surface area contributed by atoms with E-state index in [0.29, 0.717) is 5.56 Å². The van der Waals surface area contributed by atoms with E-state index < -0.39 is 17.2 Å². The predicted octanol–water partition coefficient (Wildman–Crippen LogP) is 3.53. The molecule has 5 heteroatoms. The zero-order valence-corrected chi connectivity index (χ0v) is 11.4. The molecule has 2 rings (SSSR count). The molecule has 3 nitrogen and oxygen atoms in total. The predicted molar refractivity (Wildman–Crippen MR) is 73.2 cm³/mol. The van der Waals surface area contributed by atoms with Crippen LogP contribution in [0.5, 0.6) is 0 Å². The van der Waals surface area contributed by atoms with Gasteiger partial charge in [-0.05, 0) is 25.1 Å². The lowest BCUT2D eigenvalue weighted by Gasteiger charge is -2.05. The third kappa shape index (κ3) is 3.29. The highest BCUT2D eigenvalue weighted by Crippen LogP contribution is 2.22. The number of halogens is 2. The molecule has 0 saturated carbocycles. The van der Waals surface area contributed by atoms with Crippen LogP contribution < -0.4 is 5.56 Å². The molecule has 1 aromatic heterocycles. The van der Waals surface area contributed by atoms with Crippen molar-refractivity contribution < 1.29 is 8.78 Å². The van der Waals surface area contributed by atoms with Gasteiger partial charge >= 0.3 is 0 Å². The molecular weight excluding hydrogens is 262 g/mol. The van der Waals surface area contributed by atoms with E-state index in [1.165, 1.54) is 6.07 Å². The van der Waals surface area contributed by atoms with Gasteiger partial charge in [0.15, 0.2) is 0 Å². The maximum atomic E-state index is 13.1. The van der Waals surface area contributed by atoms with Gasteiger partial charge in [0.1, 0.15) is 17.7 Å². The number of pyridine rings is 1. The van der Waals surface area contributed by atoms with Crippen LogP contribution in [0.25, 0.3) is 11.3 Å². The Hall–Kier alpha value is -2.48. The van der Waals surface area contributed by atoms with Crippen molar-refractivity contribution in [1.82, 2.24) is 4.98 Å².